The van der Waals surface area contributed by atoms with E-state index in [-0.39, 0.29) is 10.8 Å². The monoisotopic (exact) mass is 229 g/mol. The molecule has 0 amide bonds. The molecule has 1 N–H and O–H groups in total. The van der Waals surface area contributed by atoms with E-state index in [1.807, 2.05) is 0 Å². The Kier molecular flexibility index (Phi) is 5.06. The van der Waals surface area contributed by atoms with Crippen LogP contribution in [0.3, 0.4) is 0 Å². The maximum Gasteiger partial charge on any atom is 0.141 e. The first-order valence-electron chi connectivity index (χ1n) is 5.28. The molecule has 1 nitrogen and oxygen atoms in total. The van der Waals surface area contributed by atoms with Gasteiger partial charge in [0.05, 0.1) is 5.02 Å². The molecular weight excluding hydrogens is 213 g/mol. The average molecular weight is 230 g/mol. The fraction of sp³-hybridized carbons (Fsp3) is 0.500. The molecule has 0 spiro atoms. The molecule has 0 saturated heterocycles. The predicted molar refractivity (Wildman–Crippen MR) is 62.6 cm³/mol. The molecule has 1 aromatic rings. The lowest BCUT2D eigenvalue weighted by molar-refractivity contribution is 0.499. The van der Waals surface area contributed by atoms with Crippen LogP contribution in [0, 0.1) is 11.7 Å². The van der Waals surface area contributed by atoms with Crippen LogP contribution in [-0.4, -0.2) is 6.54 Å². The molecule has 1 atom stereocenters. The molecule has 0 aliphatic heterocycles. The summed E-state index contributed by atoms with van der Waals surface area (Å²) in [6.45, 7) is 6.08. The minimum atomic E-state index is -0.359. The Morgan fingerprint density at radius 2 is 2.20 bits per heavy atom. The minimum absolute atomic E-state index is 0.192. The van der Waals surface area contributed by atoms with E-state index >= 15 is 0 Å². The van der Waals surface area contributed by atoms with Crippen LogP contribution in [0.15, 0.2) is 18.2 Å². The molecular formula is C12H17ClFN. The van der Waals surface area contributed by atoms with Gasteiger partial charge in [-0.2, -0.15) is 0 Å². The van der Waals surface area contributed by atoms with Gasteiger partial charge in [-0.15, -0.1) is 0 Å². The van der Waals surface area contributed by atoms with Crippen molar-refractivity contribution >= 4 is 11.6 Å². The summed E-state index contributed by atoms with van der Waals surface area (Å²) in [5.74, 6) is 0.309. The Morgan fingerprint density at radius 3 is 2.80 bits per heavy atom. The van der Waals surface area contributed by atoms with Crippen LogP contribution >= 0.6 is 11.6 Å². The molecule has 0 saturated carbocycles. The molecule has 1 rings (SSSR count). The number of hydrogen-bond donors (Lipinski definition) is 1. The molecule has 1 aromatic carbocycles. The van der Waals surface area contributed by atoms with Crippen molar-refractivity contribution in [1.29, 1.82) is 0 Å². The van der Waals surface area contributed by atoms with Gasteiger partial charge >= 0.3 is 0 Å². The first kappa shape index (κ1) is 12.5. The second kappa shape index (κ2) is 6.09. The van der Waals surface area contributed by atoms with Gasteiger partial charge < -0.3 is 5.32 Å². The van der Waals surface area contributed by atoms with Gasteiger partial charge in [0.25, 0.3) is 0 Å². The molecule has 0 aromatic heterocycles. The van der Waals surface area contributed by atoms with Crippen LogP contribution in [0.2, 0.25) is 5.02 Å². The fourth-order valence-corrected chi connectivity index (χ4v) is 1.46. The van der Waals surface area contributed by atoms with Crippen molar-refractivity contribution < 1.29 is 4.39 Å². The topological polar surface area (TPSA) is 12.0 Å². The quantitative estimate of drug-likeness (QED) is 0.813. The van der Waals surface area contributed by atoms with Crippen molar-refractivity contribution in [3.8, 4) is 0 Å². The normalized spacial score (nSPS) is 12.8. The lowest BCUT2D eigenvalue weighted by Crippen LogP contribution is -2.20. The summed E-state index contributed by atoms with van der Waals surface area (Å²) in [4.78, 5) is 0. The van der Waals surface area contributed by atoms with Crippen LogP contribution < -0.4 is 5.32 Å². The van der Waals surface area contributed by atoms with Crippen molar-refractivity contribution in [2.75, 3.05) is 6.54 Å². The van der Waals surface area contributed by atoms with Crippen molar-refractivity contribution in [3.05, 3.63) is 34.6 Å². The molecule has 0 aliphatic rings. The molecule has 3 heteroatoms. The highest BCUT2D eigenvalue weighted by molar-refractivity contribution is 6.30. The van der Waals surface area contributed by atoms with Gasteiger partial charge in [0.1, 0.15) is 5.82 Å². The average Bonchev–Trinajstić information content (AvgIpc) is 2.23. The first-order chi connectivity index (χ1) is 7.13. The summed E-state index contributed by atoms with van der Waals surface area (Å²) >= 11 is 5.68. The van der Waals surface area contributed by atoms with E-state index in [4.69, 9.17) is 11.6 Å². The summed E-state index contributed by atoms with van der Waals surface area (Å²) in [5, 5.41) is 3.51. The number of benzene rings is 1. The molecule has 84 valence electrons. The lowest BCUT2D eigenvalue weighted by atomic mass is 10.1. The van der Waals surface area contributed by atoms with E-state index < -0.39 is 0 Å². The first-order valence-corrected chi connectivity index (χ1v) is 5.66. The van der Waals surface area contributed by atoms with E-state index in [0.29, 0.717) is 5.92 Å². The third kappa shape index (κ3) is 4.18. The van der Waals surface area contributed by atoms with Crippen molar-refractivity contribution in [2.45, 2.75) is 26.8 Å². The number of hydrogen-bond acceptors (Lipinski definition) is 1. The highest BCUT2D eigenvalue weighted by Gasteiger charge is 2.01. The van der Waals surface area contributed by atoms with Gasteiger partial charge in [-0.1, -0.05) is 37.9 Å². The third-order valence-corrected chi connectivity index (χ3v) is 2.79. The Hall–Kier alpha value is -0.600. The summed E-state index contributed by atoms with van der Waals surface area (Å²) in [7, 11) is 0. The summed E-state index contributed by atoms with van der Waals surface area (Å²) in [6, 6.07) is 4.83. The third-order valence-electron chi connectivity index (χ3n) is 2.50. The Morgan fingerprint density at radius 1 is 1.47 bits per heavy atom. The molecule has 0 aliphatic carbocycles. The van der Waals surface area contributed by atoms with E-state index in [2.05, 4.69) is 19.2 Å². The van der Waals surface area contributed by atoms with Gasteiger partial charge in [0, 0.05) is 6.54 Å². The largest absolute Gasteiger partial charge is 0.312 e. The highest BCUT2D eigenvalue weighted by atomic mass is 35.5. The van der Waals surface area contributed by atoms with Gasteiger partial charge in [-0.25, -0.2) is 4.39 Å². The van der Waals surface area contributed by atoms with E-state index in [1.54, 1.807) is 12.1 Å². The van der Waals surface area contributed by atoms with Gasteiger partial charge in [-0.3, -0.25) is 0 Å². The highest BCUT2D eigenvalue weighted by Crippen LogP contribution is 2.15. The summed E-state index contributed by atoms with van der Waals surface area (Å²) in [5.41, 5.74) is 1.02. The van der Waals surface area contributed by atoms with Crippen LogP contribution in [0.1, 0.15) is 25.8 Å². The summed E-state index contributed by atoms with van der Waals surface area (Å²) in [6.07, 6.45) is 1.16. The fourth-order valence-electron chi connectivity index (χ4n) is 1.26. The van der Waals surface area contributed by atoms with Gasteiger partial charge in [0.15, 0.2) is 0 Å². The van der Waals surface area contributed by atoms with E-state index in [1.165, 1.54) is 6.07 Å². The Labute approximate surface area is 95.6 Å². The molecule has 0 fully saturated rings. The SMILES string of the molecule is CCC(C)CNCc1ccc(F)c(Cl)c1. The smallest absolute Gasteiger partial charge is 0.141 e. The van der Waals surface area contributed by atoms with Crippen molar-refractivity contribution in [1.82, 2.24) is 5.32 Å². The minimum Gasteiger partial charge on any atom is -0.312 e. The molecule has 0 heterocycles. The standard InChI is InChI=1S/C12H17ClFN/c1-3-9(2)7-15-8-10-4-5-12(14)11(13)6-10/h4-6,9,15H,3,7-8H2,1-2H3. The lowest BCUT2D eigenvalue weighted by Gasteiger charge is -2.10. The van der Waals surface area contributed by atoms with E-state index in [0.717, 1.165) is 25.1 Å². The number of rotatable bonds is 5. The zero-order valence-electron chi connectivity index (χ0n) is 9.19. The number of nitrogens with one attached hydrogen (secondary N) is 1. The Bertz CT molecular complexity index is 314. The molecule has 1 unspecified atom stereocenters. The van der Waals surface area contributed by atoms with Crippen LogP contribution in [0.4, 0.5) is 4.39 Å². The second-order valence-electron chi connectivity index (χ2n) is 3.89. The molecule has 0 radical (unpaired) electrons. The van der Waals surface area contributed by atoms with Crippen LogP contribution in [-0.2, 0) is 6.54 Å². The Balaban J connectivity index is 2.41. The predicted octanol–water partition coefficient (Wildman–Crippen LogP) is 3.61. The molecule has 0 bridgehead atoms. The van der Waals surface area contributed by atoms with Crippen LogP contribution in [0.5, 0.6) is 0 Å². The zero-order chi connectivity index (χ0) is 11.3. The molecule has 15 heavy (non-hydrogen) atoms. The maximum absolute atomic E-state index is 12.9. The maximum atomic E-state index is 12.9. The van der Waals surface area contributed by atoms with Crippen molar-refractivity contribution in [2.24, 2.45) is 5.92 Å². The summed E-state index contributed by atoms with van der Waals surface area (Å²) < 4.78 is 12.9. The van der Waals surface area contributed by atoms with Crippen LogP contribution in [0.25, 0.3) is 0 Å². The van der Waals surface area contributed by atoms with Crippen molar-refractivity contribution in [3.63, 3.8) is 0 Å². The van der Waals surface area contributed by atoms with E-state index in [9.17, 15) is 4.39 Å². The van der Waals surface area contributed by atoms with Gasteiger partial charge in [-0.05, 0) is 30.2 Å². The zero-order valence-corrected chi connectivity index (χ0v) is 9.94. The number of halogens is 2. The van der Waals surface area contributed by atoms with Gasteiger partial charge in [0.2, 0.25) is 0 Å². The second-order valence-corrected chi connectivity index (χ2v) is 4.30.